The highest BCUT2D eigenvalue weighted by molar-refractivity contribution is 7.89. The predicted molar refractivity (Wildman–Crippen MR) is 83.9 cm³/mol. The van der Waals surface area contributed by atoms with Gasteiger partial charge in [-0.2, -0.15) is 0 Å². The molecule has 0 atom stereocenters. The Balaban J connectivity index is 2.16. The number of carbonyl (C=O) groups is 1. The Bertz CT molecular complexity index is 769. The summed E-state index contributed by atoms with van der Waals surface area (Å²) in [6.45, 7) is 0. The van der Waals surface area contributed by atoms with Gasteiger partial charge in [-0.05, 0) is 36.4 Å². The SMILES string of the molecule is CN(C)S(=O)(=O)c1ccc(C(=O)Nc2ccc(N)cn2)cc1. The van der Waals surface area contributed by atoms with Crippen molar-refractivity contribution in [2.75, 3.05) is 25.1 Å². The summed E-state index contributed by atoms with van der Waals surface area (Å²) in [7, 11) is -0.613. The molecule has 8 heteroatoms. The van der Waals surface area contributed by atoms with Crippen molar-refractivity contribution in [3.05, 3.63) is 48.2 Å². The van der Waals surface area contributed by atoms with Gasteiger partial charge >= 0.3 is 0 Å². The molecule has 0 saturated carbocycles. The summed E-state index contributed by atoms with van der Waals surface area (Å²) >= 11 is 0. The molecule has 7 nitrogen and oxygen atoms in total. The number of hydrogen-bond donors (Lipinski definition) is 2. The predicted octanol–water partition coefficient (Wildman–Crippen LogP) is 1.17. The highest BCUT2D eigenvalue weighted by Crippen LogP contribution is 2.15. The lowest BCUT2D eigenvalue weighted by atomic mass is 10.2. The average molecular weight is 320 g/mol. The number of benzene rings is 1. The Hall–Kier alpha value is -2.45. The van der Waals surface area contributed by atoms with Gasteiger partial charge in [0.2, 0.25) is 10.0 Å². The fourth-order valence-electron chi connectivity index (χ4n) is 1.66. The van der Waals surface area contributed by atoms with Crippen molar-refractivity contribution in [2.45, 2.75) is 4.90 Å². The number of rotatable bonds is 4. The van der Waals surface area contributed by atoms with E-state index in [-0.39, 0.29) is 10.8 Å². The summed E-state index contributed by atoms with van der Waals surface area (Å²) in [4.78, 5) is 16.1. The molecule has 116 valence electrons. The van der Waals surface area contributed by atoms with Gasteiger partial charge in [-0.25, -0.2) is 17.7 Å². The van der Waals surface area contributed by atoms with E-state index < -0.39 is 10.0 Å². The monoisotopic (exact) mass is 320 g/mol. The Kier molecular flexibility index (Phi) is 4.43. The van der Waals surface area contributed by atoms with E-state index in [2.05, 4.69) is 10.3 Å². The summed E-state index contributed by atoms with van der Waals surface area (Å²) in [6, 6.07) is 8.88. The number of nitrogen functional groups attached to an aromatic ring is 1. The fraction of sp³-hybridized carbons (Fsp3) is 0.143. The minimum absolute atomic E-state index is 0.125. The second-order valence-electron chi connectivity index (χ2n) is 4.74. The molecule has 1 amide bonds. The molecule has 1 aromatic heterocycles. The lowest BCUT2D eigenvalue weighted by Crippen LogP contribution is -2.22. The molecule has 0 saturated heterocycles. The quantitative estimate of drug-likeness (QED) is 0.879. The third-order valence-electron chi connectivity index (χ3n) is 2.92. The van der Waals surface area contributed by atoms with Crippen molar-refractivity contribution in [2.24, 2.45) is 0 Å². The highest BCUT2D eigenvalue weighted by Gasteiger charge is 2.17. The Morgan fingerprint density at radius 2 is 1.77 bits per heavy atom. The average Bonchev–Trinajstić information content (AvgIpc) is 2.49. The van der Waals surface area contributed by atoms with E-state index in [9.17, 15) is 13.2 Å². The molecular weight excluding hydrogens is 304 g/mol. The van der Waals surface area contributed by atoms with Gasteiger partial charge in [-0.3, -0.25) is 4.79 Å². The molecule has 1 aromatic carbocycles. The molecular formula is C14H16N4O3S. The number of nitrogens with zero attached hydrogens (tertiary/aromatic N) is 2. The van der Waals surface area contributed by atoms with Gasteiger partial charge in [0.15, 0.2) is 0 Å². The molecule has 2 aromatic rings. The molecule has 0 fully saturated rings. The molecule has 0 aliphatic carbocycles. The van der Waals surface area contributed by atoms with Gasteiger partial charge in [0.1, 0.15) is 5.82 Å². The lowest BCUT2D eigenvalue weighted by Gasteiger charge is -2.11. The van der Waals surface area contributed by atoms with Crippen LogP contribution in [0.2, 0.25) is 0 Å². The van der Waals surface area contributed by atoms with E-state index in [0.717, 1.165) is 4.31 Å². The van der Waals surface area contributed by atoms with Crippen LogP contribution in [0.5, 0.6) is 0 Å². The first-order chi connectivity index (χ1) is 10.3. The first-order valence-corrected chi connectivity index (χ1v) is 7.80. The Morgan fingerprint density at radius 1 is 1.14 bits per heavy atom. The van der Waals surface area contributed by atoms with Crippen LogP contribution in [0.4, 0.5) is 11.5 Å². The Labute approximate surface area is 128 Å². The maximum Gasteiger partial charge on any atom is 0.256 e. The largest absolute Gasteiger partial charge is 0.397 e. The summed E-state index contributed by atoms with van der Waals surface area (Å²) in [6.07, 6.45) is 1.43. The van der Waals surface area contributed by atoms with E-state index in [1.165, 1.54) is 44.6 Å². The number of nitrogens with two attached hydrogens (primary N) is 1. The molecule has 0 bridgehead atoms. The molecule has 0 unspecified atom stereocenters. The molecule has 0 aliphatic heterocycles. The van der Waals surface area contributed by atoms with Crippen molar-refractivity contribution in [3.63, 3.8) is 0 Å². The van der Waals surface area contributed by atoms with Crippen LogP contribution < -0.4 is 11.1 Å². The first-order valence-electron chi connectivity index (χ1n) is 6.36. The van der Waals surface area contributed by atoms with Gasteiger partial charge in [-0.1, -0.05) is 0 Å². The van der Waals surface area contributed by atoms with E-state index in [0.29, 0.717) is 17.1 Å². The zero-order valence-electron chi connectivity index (χ0n) is 12.1. The number of carbonyl (C=O) groups excluding carboxylic acids is 1. The maximum absolute atomic E-state index is 12.1. The van der Waals surface area contributed by atoms with Gasteiger partial charge in [0.05, 0.1) is 16.8 Å². The van der Waals surface area contributed by atoms with Crippen LogP contribution in [0.25, 0.3) is 0 Å². The van der Waals surface area contributed by atoms with Crippen molar-refractivity contribution in [1.82, 2.24) is 9.29 Å². The van der Waals surface area contributed by atoms with Gasteiger partial charge in [-0.15, -0.1) is 0 Å². The summed E-state index contributed by atoms with van der Waals surface area (Å²) in [5.41, 5.74) is 6.34. The van der Waals surface area contributed by atoms with Crippen LogP contribution in [0, 0.1) is 0 Å². The normalized spacial score (nSPS) is 11.4. The number of pyridine rings is 1. The smallest absolute Gasteiger partial charge is 0.256 e. The fourth-order valence-corrected chi connectivity index (χ4v) is 2.56. The van der Waals surface area contributed by atoms with Crippen LogP contribution in [0.15, 0.2) is 47.5 Å². The van der Waals surface area contributed by atoms with E-state index in [4.69, 9.17) is 5.73 Å². The maximum atomic E-state index is 12.1. The minimum atomic E-state index is -3.51. The molecule has 0 aliphatic rings. The van der Waals surface area contributed by atoms with Crippen molar-refractivity contribution in [3.8, 4) is 0 Å². The van der Waals surface area contributed by atoms with Crippen molar-refractivity contribution in [1.29, 1.82) is 0 Å². The van der Waals surface area contributed by atoms with Crippen molar-refractivity contribution < 1.29 is 13.2 Å². The van der Waals surface area contributed by atoms with Gasteiger partial charge in [0, 0.05) is 19.7 Å². The molecule has 2 rings (SSSR count). The number of hydrogen-bond acceptors (Lipinski definition) is 5. The number of aromatic nitrogens is 1. The highest BCUT2D eigenvalue weighted by atomic mass is 32.2. The van der Waals surface area contributed by atoms with Gasteiger partial charge in [0.25, 0.3) is 5.91 Å². The van der Waals surface area contributed by atoms with Crippen LogP contribution in [0.3, 0.4) is 0 Å². The first kappa shape index (κ1) is 15.9. The minimum Gasteiger partial charge on any atom is -0.397 e. The van der Waals surface area contributed by atoms with E-state index >= 15 is 0 Å². The van der Waals surface area contributed by atoms with Crippen LogP contribution >= 0.6 is 0 Å². The number of amides is 1. The van der Waals surface area contributed by atoms with E-state index in [1.807, 2.05) is 0 Å². The number of nitrogens with one attached hydrogen (secondary N) is 1. The third kappa shape index (κ3) is 3.41. The van der Waals surface area contributed by atoms with Crippen LogP contribution in [-0.2, 0) is 10.0 Å². The topological polar surface area (TPSA) is 105 Å². The second-order valence-corrected chi connectivity index (χ2v) is 6.89. The second kappa shape index (κ2) is 6.12. The number of anilines is 2. The summed E-state index contributed by atoms with van der Waals surface area (Å²) in [5.74, 6) is -0.0183. The summed E-state index contributed by atoms with van der Waals surface area (Å²) in [5, 5.41) is 2.60. The van der Waals surface area contributed by atoms with Gasteiger partial charge < -0.3 is 11.1 Å². The summed E-state index contributed by atoms with van der Waals surface area (Å²) < 4.78 is 25.0. The third-order valence-corrected chi connectivity index (χ3v) is 4.75. The lowest BCUT2D eigenvalue weighted by molar-refractivity contribution is 0.102. The van der Waals surface area contributed by atoms with Crippen LogP contribution in [0.1, 0.15) is 10.4 Å². The molecule has 3 N–H and O–H groups in total. The molecule has 0 radical (unpaired) electrons. The molecule has 22 heavy (non-hydrogen) atoms. The van der Waals surface area contributed by atoms with Crippen molar-refractivity contribution >= 4 is 27.4 Å². The Morgan fingerprint density at radius 3 is 2.27 bits per heavy atom. The molecule has 1 heterocycles. The standard InChI is InChI=1S/C14H16N4O3S/c1-18(2)22(20,21)12-6-3-10(4-7-12)14(19)17-13-8-5-11(15)9-16-13/h3-9H,15H2,1-2H3,(H,16,17,19). The van der Waals surface area contributed by atoms with E-state index in [1.54, 1.807) is 12.1 Å². The number of sulfonamides is 1. The zero-order valence-corrected chi connectivity index (χ0v) is 13.0. The zero-order chi connectivity index (χ0) is 16.3. The van der Waals surface area contributed by atoms with Crippen LogP contribution in [-0.4, -0.2) is 37.7 Å². The molecule has 0 spiro atoms.